The van der Waals surface area contributed by atoms with Gasteiger partial charge in [0.1, 0.15) is 6.04 Å². The minimum Gasteiger partial charge on any atom is -0.337 e. The van der Waals surface area contributed by atoms with E-state index in [0.717, 1.165) is 24.7 Å². The van der Waals surface area contributed by atoms with Gasteiger partial charge in [-0.05, 0) is 42.0 Å². The number of hydrogen-bond acceptors (Lipinski definition) is 6. The molecule has 0 spiro atoms. The van der Waals surface area contributed by atoms with Gasteiger partial charge in [0.05, 0.1) is 5.25 Å². The maximum atomic E-state index is 5.55. The molecule has 4 nitrogen and oxygen atoms in total. The molecule has 0 aliphatic carbocycles. The molecule has 2 unspecified atom stereocenters. The summed E-state index contributed by atoms with van der Waals surface area (Å²) in [5.41, 5.74) is 1.31. The van der Waals surface area contributed by atoms with Crippen molar-refractivity contribution in [2.45, 2.75) is 37.0 Å². The maximum absolute atomic E-state index is 5.55. The molecule has 4 rings (SSSR count). The molecule has 2 aliphatic heterocycles. The highest BCUT2D eigenvalue weighted by molar-refractivity contribution is 7.99. The van der Waals surface area contributed by atoms with Crippen molar-refractivity contribution < 1.29 is 4.52 Å². The van der Waals surface area contributed by atoms with Crippen LogP contribution in [0, 0.1) is 0 Å². The van der Waals surface area contributed by atoms with E-state index < -0.39 is 0 Å². The van der Waals surface area contributed by atoms with Gasteiger partial charge >= 0.3 is 0 Å². The third-order valence-electron chi connectivity index (χ3n) is 3.96. The van der Waals surface area contributed by atoms with E-state index in [9.17, 15) is 0 Å². The van der Waals surface area contributed by atoms with E-state index in [4.69, 9.17) is 4.52 Å². The molecule has 1 saturated heterocycles. The summed E-state index contributed by atoms with van der Waals surface area (Å²) >= 11 is 3.78. The molecule has 0 amide bonds. The fraction of sp³-hybridized carbons (Fsp3) is 0.571. The Morgan fingerprint density at radius 1 is 1.35 bits per heavy atom. The summed E-state index contributed by atoms with van der Waals surface area (Å²) in [6.45, 7) is 0.980. The zero-order chi connectivity index (χ0) is 13.4. The quantitative estimate of drug-likeness (QED) is 0.922. The van der Waals surface area contributed by atoms with E-state index in [0.29, 0.717) is 5.25 Å². The van der Waals surface area contributed by atoms with Gasteiger partial charge in [0.25, 0.3) is 0 Å². The Bertz CT molecular complexity index is 589. The van der Waals surface area contributed by atoms with Crippen molar-refractivity contribution in [1.82, 2.24) is 15.5 Å². The highest BCUT2D eigenvalue weighted by Crippen LogP contribution is 2.38. The van der Waals surface area contributed by atoms with E-state index in [1.54, 1.807) is 0 Å². The van der Waals surface area contributed by atoms with Gasteiger partial charge in [-0.25, -0.2) is 0 Å². The van der Waals surface area contributed by atoms with Crippen LogP contribution in [-0.2, 0) is 6.42 Å². The molecule has 1 fully saturated rings. The molecule has 0 aromatic carbocycles. The van der Waals surface area contributed by atoms with Gasteiger partial charge in [0, 0.05) is 11.4 Å². The Morgan fingerprint density at radius 2 is 2.35 bits per heavy atom. The SMILES string of the molecule is c1cc2c(s1)CCNC2c1nc(C2CCCCS2)no1. The molecule has 2 aromatic rings. The summed E-state index contributed by atoms with van der Waals surface area (Å²) in [6.07, 6.45) is 4.86. The molecule has 1 N–H and O–H groups in total. The van der Waals surface area contributed by atoms with E-state index in [-0.39, 0.29) is 6.04 Å². The Labute approximate surface area is 126 Å². The number of thiophene rings is 1. The fourth-order valence-corrected chi connectivity index (χ4v) is 5.07. The zero-order valence-corrected chi connectivity index (χ0v) is 12.8. The van der Waals surface area contributed by atoms with Crippen LogP contribution in [0.4, 0.5) is 0 Å². The van der Waals surface area contributed by atoms with Crippen LogP contribution in [0.3, 0.4) is 0 Å². The fourth-order valence-electron chi connectivity index (χ4n) is 2.91. The molecule has 0 saturated carbocycles. The molecule has 6 heteroatoms. The molecule has 2 aromatic heterocycles. The Kier molecular flexibility index (Phi) is 3.54. The van der Waals surface area contributed by atoms with Gasteiger partial charge < -0.3 is 9.84 Å². The molecule has 4 heterocycles. The summed E-state index contributed by atoms with van der Waals surface area (Å²) in [6, 6.07) is 2.26. The lowest BCUT2D eigenvalue weighted by Crippen LogP contribution is -2.29. The Hall–Kier alpha value is -0.850. The second-order valence-corrected chi connectivity index (χ2v) is 7.59. The summed E-state index contributed by atoms with van der Waals surface area (Å²) in [5, 5.41) is 10.3. The first-order valence-corrected chi connectivity index (χ1v) is 9.09. The average Bonchev–Trinajstić information content (AvgIpc) is 3.17. The molecule has 20 heavy (non-hydrogen) atoms. The molecule has 0 radical (unpaired) electrons. The second kappa shape index (κ2) is 5.50. The van der Waals surface area contributed by atoms with Gasteiger partial charge in [-0.1, -0.05) is 11.6 Å². The molecule has 2 aliphatic rings. The number of aromatic nitrogens is 2. The van der Waals surface area contributed by atoms with Crippen LogP contribution in [0.1, 0.15) is 52.7 Å². The van der Waals surface area contributed by atoms with Crippen molar-refractivity contribution in [3.63, 3.8) is 0 Å². The van der Waals surface area contributed by atoms with Gasteiger partial charge in [0.15, 0.2) is 5.82 Å². The van der Waals surface area contributed by atoms with Crippen LogP contribution in [0.25, 0.3) is 0 Å². The summed E-state index contributed by atoms with van der Waals surface area (Å²) in [5.74, 6) is 2.82. The summed E-state index contributed by atoms with van der Waals surface area (Å²) in [7, 11) is 0. The first kappa shape index (κ1) is 12.9. The Morgan fingerprint density at radius 3 is 3.25 bits per heavy atom. The molecule has 2 atom stereocenters. The first-order chi connectivity index (χ1) is 9.92. The van der Waals surface area contributed by atoms with Crippen molar-refractivity contribution in [3.05, 3.63) is 33.6 Å². The lowest BCUT2D eigenvalue weighted by atomic mass is 10.0. The molecular formula is C14H17N3OS2. The maximum Gasteiger partial charge on any atom is 0.248 e. The monoisotopic (exact) mass is 307 g/mol. The first-order valence-electron chi connectivity index (χ1n) is 7.16. The normalized spacial score (nSPS) is 26.4. The van der Waals surface area contributed by atoms with Gasteiger partial charge in [-0.2, -0.15) is 16.7 Å². The van der Waals surface area contributed by atoms with E-state index >= 15 is 0 Å². The molecule has 106 valence electrons. The largest absolute Gasteiger partial charge is 0.337 e. The smallest absolute Gasteiger partial charge is 0.248 e. The van der Waals surface area contributed by atoms with Crippen molar-refractivity contribution in [2.75, 3.05) is 12.3 Å². The van der Waals surface area contributed by atoms with Crippen LogP contribution in [0.15, 0.2) is 16.0 Å². The van der Waals surface area contributed by atoms with Gasteiger partial charge in [-0.3, -0.25) is 0 Å². The average molecular weight is 307 g/mol. The predicted molar refractivity (Wildman–Crippen MR) is 81.2 cm³/mol. The van der Waals surface area contributed by atoms with Crippen LogP contribution in [-0.4, -0.2) is 22.4 Å². The zero-order valence-electron chi connectivity index (χ0n) is 11.2. The van der Waals surface area contributed by atoms with Crippen molar-refractivity contribution >= 4 is 23.1 Å². The molecule has 0 bridgehead atoms. The summed E-state index contributed by atoms with van der Waals surface area (Å²) < 4.78 is 5.55. The Balaban J connectivity index is 1.60. The lowest BCUT2D eigenvalue weighted by Gasteiger charge is -2.21. The molecular weight excluding hydrogens is 290 g/mol. The van der Waals surface area contributed by atoms with Crippen molar-refractivity contribution in [2.24, 2.45) is 0 Å². The van der Waals surface area contributed by atoms with Gasteiger partial charge in [-0.15, -0.1) is 11.3 Å². The standard InChI is InChI=1S/C14H17N3OS2/c1-2-7-19-11(3-1)13-16-14(18-17-13)12-9-5-8-20-10(9)4-6-15-12/h5,8,11-12,15H,1-4,6-7H2. The second-order valence-electron chi connectivity index (χ2n) is 5.28. The third kappa shape index (κ3) is 2.29. The van der Waals surface area contributed by atoms with E-state index in [1.807, 2.05) is 23.1 Å². The highest BCUT2D eigenvalue weighted by atomic mass is 32.2. The highest BCUT2D eigenvalue weighted by Gasteiger charge is 2.29. The topological polar surface area (TPSA) is 51.0 Å². The number of nitrogens with zero attached hydrogens (tertiary/aromatic N) is 2. The third-order valence-corrected chi connectivity index (χ3v) is 6.33. The van der Waals surface area contributed by atoms with Crippen LogP contribution >= 0.6 is 23.1 Å². The number of fused-ring (bicyclic) bond motifs is 1. The van der Waals surface area contributed by atoms with Gasteiger partial charge in [0.2, 0.25) is 5.89 Å². The minimum absolute atomic E-state index is 0.0832. The summed E-state index contributed by atoms with van der Waals surface area (Å²) in [4.78, 5) is 6.12. The number of thioether (sulfide) groups is 1. The van der Waals surface area contributed by atoms with E-state index in [1.165, 1.54) is 35.5 Å². The number of hydrogen-bond donors (Lipinski definition) is 1. The van der Waals surface area contributed by atoms with Crippen LogP contribution in [0.5, 0.6) is 0 Å². The number of rotatable bonds is 2. The lowest BCUT2D eigenvalue weighted by molar-refractivity contribution is 0.340. The predicted octanol–water partition coefficient (Wildman–Crippen LogP) is 3.32. The number of nitrogens with one attached hydrogen (secondary N) is 1. The van der Waals surface area contributed by atoms with Crippen molar-refractivity contribution in [3.8, 4) is 0 Å². The minimum atomic E-state index is 0.0832. The van der Waals surface area contributed by atoms with Crippen LogP contribution < -0.4 is 5.32 Å². The van der Waals surface area contributed by atoms with Crippen molar-refractivity contribution in [1.29, 1.82) is 0 Å². The van der Waals surface area contributed by atoms with Crippen LogP contribution in [0.2, 0.25) is 0 Å². The van der Waals surface area contributed by atoms with E-state index in [2.05, 4.69) is 26.9 Å².